The summed E-state index contributed by atoms with van der Waals surface area (Å²) in [7, 11) is 0. The van der Waals surface area contributed by atoms with Gasteiger partial charge in [0.2, 0.25) is 0 Å². The fourth-order valence-electron chi connectivity index (χ4n) is 3.42. The van der Waals surface area contributed by atoms with Gasteiger partial charge in [-0.1, -0.05) is 31.4 Å². The molecule has 1 aliphatic rings. The molecule has 0 unspecified atom stereocenters. The third-order valence-electron chi connectivity index (χ3n) is 4.75. The van der Waals surface area contributed by atoms with Crippen molar-refractivity contribution in [3.05, 3.63) is 59.2 Å². The van der Waals surface area contributed by atoms with Gasteiger partial charge in [0.15, 0.2) is 11.6 Å². The Bertz CT molecular complexity index is 879. The zero-order chi connectivity index (χ0) is 24.3. The van der Waals surface area contributed by atoms with Crippen LogP contribution in [0.25, 0.3) is 0 Å². The van der Waals surface area contributed by atoms with Crippen LogP contribution in [0.4, 0.5) is 27.6 Å². The van der Waals surface area contributed by atoms with Gasteiger partial charge in [-0.05, 0) is 48.6 Å². The van der Waals surface area contributed by atoms with Crippen molar-refractivity contribution < 1.29 is 41.1 Å². The van der Waals surface area contributed by atoms with Crippen LogP contribution in [0.2, 0.25) is 0 Å². The Balaban J connectivity index is 0.00000121. The topological polar surface area (TPSA) is 72.5 Å². The van der Waals surface area contributed by atoms with Crippen molar-refractivity contribution in [2.75, 3.05) is 5.32 Å². The van der Waals surface area contributed by atoms with E-state index in [0.29, 0.717) is 18.1 Å². The molecule has 1 aliphatic carbocycles. The molecule has 0 radical (unpaired) electrons. The SMILES string of the molecule is C=O.C=O.O=C(Nc1ccc(C2CCCCC2)cc1)c1c(OC(F)(F)F)ccc(F)c1F. The average Bonchev–Trinajstić information content (AvgIpc) is 2.79. The first-order valence-electron chi connectivity index (χ1n) is 9.47. The summed E-state index contributed by atoms with van der Waals surface area (Å²) in [5.41, 5.74) is 0.218. The van der Waals surface area contributed by atoms with E-state index in [-0.39, 0.29) is 5.69 Å². The first-order chi connectivity index (χ1) is 15.2. The number of benzene rings is 2. The predicted octanol–water partition coefficient (Wildman–Crippen LogP) is 5.79. The summed E-state index contributed by atoms with van der Waals surface area (Å²) >= 11 is 0. The Morgan fingerprint density at radius 3 is 2.00 bits per heavy atom. The van der Waals surface area contributed by atoms with Crippen LogP contribution in [-0.4, -0.2) is 25.8 Å². The molecule has 0 aromatic heterocycles. The number of alkyl halides is 3. The molecule has 1 saturated carbocycles. The summed E-state index contributed by atoms with van der Waals surface area (Å²) in [6.07, 6.45) is 0.539. The number of carbonyl (C=O) groups is 3. The van der Waals surface area contributed by atoms with Crippen molar-refractivity contribution >= 4 is 25.2 Å². The third kappa shape index (κ3) is 7.44. The molecule has 174 valence electrons. The first-order valence-corrected chi connectivity index (χ1v) is 9.47. The van der Waals surface area contributed by atoms with Gasteiger partial charge in [0.25, 0.3) is 5.91 Å². The number of rotatable bonds is 4. The lowest BCUT2D eigenvalue weighted by Crippen LogP contribution is -2.22. The molecular formula is C22H22F5NO4. The van der Waals surface area contributed by atoms with Gasteiger partial charge in [0.05, 0.1) is 0 Å². The summed E-state index contributed by atoms with van der Waals surface area (Å²) in [6.45, 7) is 4.00. The van der Waals surface area contributed by atoms with Crippen LogP contribution in [0.1, 0.15) is 53.9 Å². The smallest absolute Gasteiger partial charge is 0.405 e. The van der Waals surface area contributed by atoms with Crippen LogP contribution in [0.5, 0.6) is 5.75 Å². The van der Waals surface area contributed by atoms with Crippen molar-refractivity contribution in [3.8, 4) is 5.75 Å². The Morgan fingerprint density at radius 2 is 1.47 bits per heavy atom. The van der Waals surface area contributed by atoms with E-state index in [1.165, 1.54) is 6.42 Å². The highest BCUT2D eigenvalue weighted by molar-refractivity contribution is 6.06. The number of anilines is 1. The summed E-state index contributed by atoms with van der Waals surface area (Å²) < 4.78 is 68.6. The van der Waals surface area contributed by atoms with Crippen molar-refractivity contribution in [2.45, 2.75) is 44.4 Å². The van der Waals surface area contributed by atoms with E-state index in [4.69, 9.17) is 9.59 Å². The molecule has 1 amide bonds. The van der Waals surface area contributed by atoms with Gasteiger partial charge < -0.3 is 19.6 Å². The molecule has 0 heterocycles. The van der Waals surface area contributed by atoms with Crippen LogP contribution in [0, 0.1) is 11.6 Å². The van der Waals surface area contributed by atoms with Crippen LogP contribution in [-0.2, 0) is 9.59 Å². The predicted molar refractivity (Wildman–Crippen MR) is 108 cm³/mol. The average molecular weight is 459 g/mol. The maximum absolute atomic E-state index is 14.0. The lowest BCUT2D eigenvalue weighted by molar-refractivity contribution is -0.274. The highest BCUT2D eigenvalue weighted by Gasteiger charge is 2.34. The second-order valence-corrected chi connectivity index (χ2v) is 6.69. The zero-order valence-electron chi connectivity index (χ0n) is 17.0. The maximum atomic E-state index is 14.0. The summed E-state index contributed by atoms with van der Waals surface area (Å²) in [6, 6.07) is 7.84. The van der Waals surface area contributed by atoms with Gasteiger partial charge in [-0.3, -0.25) is 4.79 Å². The number of ether oxygens (including phenoxy) is 1. The normalized spacial score (nSPS) is 13.7. The number of hydrogen-bond acceptors (Lipinski definition) is 4. The number of hydrogen-bond donors (Lipinski definition) is 1. The largest absolute Gasteiger partial charge is 0.573 e. The molecule has 5 nitrogen and oxygen atoms in total. The second kappa shape index (κ2) is 12.5. The van der Waals surface area contributed by atoms with Crippen molar-refractivity contribution in [3.63, 3.8) is 0 Å². The van der Waals surface area contributed by atoms with Crippen LogP contribution in [0.15, 0.2) is 36.4 Å². The number of halogens is 5. The number of carbonyl (C=O) groups excluding carboxylic acids is 3. The molecule has 10 heteroatoms. The quantitative estimate of drug-likeness (QED) is 0.587. The lowest BCUT2D eigenvalue weighted by Gasteiger charge is -2.22. The molecule has 1 N–H and O–H groups in total. The Kier molecular flexibility index (Phi) is 10.5. The molecule has 32 heavy (non-hydrogen) atoms. The van der Waals surface area contributed by atoms with Crippen LogP contribution >= 0.6 is 0 Å². The van der Waals surface area contributed by atoms with E-state index >= 15 is 0 Å². The van der Waals surface area contributed by atoms with Gasteiger partial charge >= 0.3 is 6.36 Å². The minimum Gasteiger partial charge on any atom is -0.405 e. The summed E-state index contributed by atoms with van der Waals surface area (Å²) in [5.74, 6) is -5.07. The minimum absolute atomic E-state index is 0.256. The molecule has 3 rings (SSSR count). The van der Waals surface area contributed by atoms with E-state index in [1.807, 2.05) is 25.7 Å². The van der Waals surface area contributed by atoms with E-state index in [9.17, 15) is 26.7 Å². The third-order valence-corrected chi connectivity index (χ3v) is 4.75. The summed E-state index contributed by atoms with van der Waals surface area (Å²) in [5, 5.41) is 2.29. The van der Waals surface area contributed by atoms with Crippen molar-refractivity contribution in [1.29, 1.82) is 0 Å². The molecule has 0 saturated heterocycles. The number of amides is 1. The Hall–Kier alpha value is -3.30. The molecule has 1 fully saturated rings. The maximum Gasteiger partial charge on any atom is 0.573 e. The monoisotopic (exact) mass is 459 g/mol. The Morgan fingerprint density at radius 1 is 0.906 bits per heavy atom. The number of nitrogens with one attached hydrogen (secondary N) is 1. The summed E-state index contributed by atoms with van der Waals surface area (Å²) in [4.78, 5) is 28.3. The Labute approximate surface area is 181 Å². The molecular weight excluding hydrogens is 437 g/mol. The first kappa shape index (κ1) is 26.7. The highest BCUT2D eigenvalue weighted by Crippen LogP contribution is 2.33. The molecule has 2 aromatic carbocycles. The standard InChI is InChI=1S/C20H18F5NO2.2CH2O/c21-15-10-11-16(28-20(23,24)25)17(18(15)22)19(27)26-14-8-6-13(7-9-14)12-4-2-1-3-5-12;2*1-2/h6-12H,1-5H2,(H,26,27);2*1H2. The van der Waals surface area contributed by atoms with Gasteiger partial charge in [-0.25, -0.2) is 8.78 Å². The van der Waals surface area contributed by atoms with E-state index in [0.717, 1.165) is 31.2 Å². The molecule has 0 aliphatic heterocycles. The van der Waals surface area contributed by atoms with Gasteiger partial charge in [-0.15, -0.1) is 13.2 Å². The lowest BCUT2D eigenvalue weighted by atomic mass is 9.84. The van der Waals surface area contributed by atoms with E-state index in [1.54, 1.807) is 12.1 Å². The van der Waals surface area contributed by atoms with E-state index < -0.39 is 35.2 Å². The van der Waals surface area contributed by atoms with E-state index in [2.05, 4.69) is 10.1 Å². The second-order valence-electron chi connectivity index (χ2n) is 6.69. The molecule has 0 bridgehead atoms. The molecule has 0 atom stereocenters. The molecule has 0 spiro atoms. The molecule has 2 aromatic rings. The van der Waals surface area contributed by atoms with Crippen LogP contribution in [0.3, 0.4) is 0 Å². The van der Waals surface area contributed by atoms with Crippen LogP contribution < -0.4 is 10.1 Å². The van der Waals surface area contributed by atoms with Crippen molar-refractivity contribution in [2.24, 2.45) is 0 Å². The van der Waals surface area contributed by atoms with Crippen molar-refractivity contribution in [1.82, 2.24) is 0 Å². The minimum atomic E-state index is -5.15. The fourth-order valence-corrected chi connectivity index (χ4v) is 3.42. The van der Waals surface area contributed by atoms with Gasteiger partial charge in [0, 0.05) is 5.69 Å². The highest BCUT2D eigenvalue weighted by atomic mass is 19.4. The zero-order valence-corrected chi connectivity index (χ0v) is 17.0. The van der Waals surface area contributed by atoms with Gasteiger partial charge in [0.1, 0.15) is 24.9 Å². The van der Waals surface area contributed by atoms with Gasteiger partial charge in [-0.2, -0.15) is 0 Å². The fraction of sp³-hybridized carbons (Fsp3) is 0.318.